The molecule has 3 rings (SSSR count). The van der Waals surface area contributed by atoms with Crippen molar-refractivity contribution in [3.63, 3.8) is 0 Å². The Morgan fingerprint density at radius 1 is 1.24 bits per heavy atom. The highest BCUT2D eigenvalue weighted by Gasteiger charge is 2.24. The van der Waals surface area contributed by atoms with Crippen LogP contribution < -0.4 is 5.73 Å². The van der Waals surface area contributed by atoms with E-state index in [-0.39, 0.29) is 18.0 Å². The standard InChI is InChI=1S/C14H12F2N4O/c15-10-2-1-8(5-11(10)16)14(21)20-4-3-9-12(6-20)18-7-19-13(9)17/h1-2,5,7H,3-4,6H2,(H2,17,18,19). The molecule has 21 heavy (non-hydrogen) atoms. The molecule has 0 radical (unpaired) electrons. The molecule has 0 unspecified atom stereocenters. The van der Waals surface area contributed by atoms with E-state index < -0.39 is 11.6 Å². The second-order valence-electron chi connectivity index (χ2n) is 4.79. The number of rotatable bonds is 1. The number of hydrogen-bond donors (Lipinski definition) is 1. The number of anilines is 1. The largest absolute Gasteiger partial charge is 0.383 e. The van der Waals surface area contributed by atoms with Crippen molar-refractivity contribution >= 4 is 11.7 Å². The molecule has 0 atom stereocenters. The fourth-order valence-corrected chi connectivity index (χ4v) is 2.36. The van der Waals surface area contributed by atoms with Gasteiger partial charge in [-0.15, -0.1) is 0 Å². The van der Waals surface area contributed by atoms with Crippen molar-refractivity contribution in [3.8, 4) is 0 Å². The quantitative estimate of drug-likeness (QED) is 0.864. The second kappa shape index (κ2) is 5.08. The van der Waals surface area contributed by atoms with Gasteiger partial charge in [0.2, 0.25) is 0 Å². The molecule has 1 aromatic heterocycles. The molecule has 108 valence electrons. The Kier molecular flexibility index (Phi) is 3.25. The van der Waals surface area contributed by atoms with Crippen LogP contribution in [0, 0.1) is 11.6 Å². The topological polar surface area (TPSA) is 72.1 Å². The molecule has 2 heterocycles. The first-order chi connectivity index (χ1) is 10.1. The Hall–Kier alpha value is -2.57. The van der Waals surface area contributed by atoms with Gasteiger partial charge in [-0.05, 0) is 24.6 Å². The average molecular weight is 290 g/mol. The lowest BCUT2D eigenvalue weighted by Crippen LogP contribution is -2.37. The van der Waals surface area contributed by atoms with Crippen LogP contribution in [-0.4, -0.2) is 27.3 Å². The summed E-state index contributed by atoms with van der Waals surface area (Å²) in [7, 11) is 0. The highest BCUT2D eigenvalue weighted by atomic mass is 19.2. The van der Waals surface area contributed by atoms with Crippen molar-refractivity contribution in [2.45, 2.75) is 13.0 Å². The van der Waals surface area contributed by atoms with Crippen molar-refractivity contribution in [2.75, 3.05) is 12.3 Å². The average Bonchev–Trinajstić information content (AvgIpc) is 2.49. The summed E-state index contributed by atoms with van der Waals surface area (Å²) in [6.07, 6.45) is 1.89. The van der Waals surface area contributed by atoms with Crippen molar-refractivity contribution < 1.29 is 13.6 Å². The lowest BCUT2D eigenvalue weighted by molar-refractivity contribution is 0.0731. The predicted octanol–water partition coefficient (Wildman–Crippen LogP) is 1.54. The van der Waals surface area contributed by atoms with Crippen LogP contribution in [0.5, 0.6) is 0 Å². The molecule has 1 aromatic carbocycles. The molecule has 5 nitrogen and oxygen atoms in total. The number of benzene rings is 1. The van der Waals surface area contributed by atoms with Crippen LogP contribution in [0.4, 0.5) is 14.6 Å². The third-order valence-corrected chi connectivity index (χ3v) is 3.49. The van der Waals surface area contributed by atoms with Gasteiger partial charge >= 0.3 is 0 Å². The van der Waals surface area contributed by atoms with Gasteiger partial charge in [0, 0.05) is 17.7 Å². The number of carbonyl (C=O) groups excluding carboxylic acids is 1. The van der Waals surface area contributed by atoms with E-state index >= 15 is 0 Å². The normalized spacial score (nSPS) is 13.9. The van der Waals surface area contributed by atoms with E-state index in [9.17, 15) is 13.6 Å². The minimum absolute atomic E-state index is 0.111. The molecule has 0 saturated carbocycles. The Morgan fingerprint density at radius 3 is 2.81 bits per heavy atom. The lowest BCUT2D eigenvalue weighted by Gasteiger charge is -2.28. The van der Waals surface area contributed by atoms with Crippen LogP contribution in [0.2, 0.25) is 0 Å². The van der Waals surface area contributed by atoms with Crippen LogP contribution >= 0.6 is 0 Å². The van der Waals surface area contributed by atoms with E-state index in [0.29, 0.717) is 24.5 Å². The number of aromatic nitrogens is 2. The number of hydrogen-bond acceptors (Lipinski definition) is 4. The van der Waals surface area contributed by atoms with Crippen LogP contribution in [-0.2, 0) is 13.0 Å². The third-order valence-electron chi connectivity index (χ3n) is 3.49. The maximum absolute atomic E-state index is 13.2. The summed E-state index contributed by atoms with van der Waals surface area (Å²) in [4.78, 5) is 21.9. The Labute approximate surface area is 119 Å². The van der Waals surface area contributed by atoms with E-state index in [1.165, 1.54) is 17.3 Å². The van der Waals surface area contributed by atoms with Crippen molar-refractivity contribution in [1.29, 1.82) is 0 Å². The Morgan fingerprint density at radius 2 is 2.05 bits per heavy atom. The van der Waals surface area contributed by atoms with Gasteiger partial charge in [0.25, 0.3) is 5.91 Å². The molecule has 0 bridgehead atoms. The van der Waals surface area contributed by atoms with Crippen LogP contribution in [0.15, 0.2) is 24.5 Å². The van der Waals surface area contributed by atoms with Crippen molar-refractivity contribution in [1.82, 2.24) is 14.9 Å². The molecule has 0 saturated heterocycles. The van der Waals surface area contributed by atoms with Gasteiger partial charge in [0.15, 0.2) is 11.6 Å². The summed E-state index contributed by atoms with van der Waals surface area (Å²) in [5, 5.41) is 0. The van der Waals surface area contributed by atoms with E-state index in [1.807, 2.05) is 0 Å². The third kappa shape index (κ3) is 2.42. The number of nitrogens with two attached hydrogens (primary N) is 1. The van der Waals surface area contributed by atoms with E-state index in [2.05, 4.69) is 9.97 Å². The molecule has 2 N–H and O–H groups in total. The highest BCUT2D eigenvalue weighted by molar-refractivity contribution is 5.94. The molecule has 0 spiro atoms. The number of carbonyl (C=O) groups is 1. The molecule has 2 aromatic rings. The van der Waals surface area contributed by atoms with Gasteiger partial charge in [-0.3, -0.25) is 4.79 Å². The summed E-state index contributed by atoms with van der Waals surface area (Å²) < 4.78 is 26.1. The van der Waals surface area contributed by atoms with Crippen LogP contribution in [0.25, 0.3) is 0 Å². The van der Waals surface area contributed by atoms with Gasteiger partial charge < -0.3 is 10.6 Å². The summed E-state index contributed by atoms with van der Waals surface area (Å²) in [5.74, 6) is -1.96. The number of nitrogens with zero attached hydrogens (tertiary/aromatic N) is 3. The fraction of sp³-hybridized carbons (Fsp3) is 0.214. The number of amides is 1. The fourth-order valence-electron chi connectivity index (χ4n) is 2.36. The molecular formula is C14H12F2N4O. The first-order valence-corrected chi connectivity index (χ1v) is 6.39. The van der Waals surface area contributed by atoms with Gasteiger partial charge in [0.05, 0.1) is 12.2 Å². The molecular weight excluding hydrogens is 278 g/mol. The van der Waals surface area contributed by atoms with E-state index in [4.69, 9.17) is 5.73 Å². The van der Waals surface area contributed by atoms with Crippen LogP contribution in [0.1, 0.15) is 21.6 Å². The minimum atomic E-state index is -1.04. The first kappa shape index (κ1) is 13.4. The summed E-state index contributed by atoms with van der Waals surface area (Å²) >= 11 is 0. The summed E-state index contributed by atoms with van der Waals surface area (Å²) in [5.41, 5.74) is 7.40. The van der Waals surface area contributed by atoms with Crippen molar-refractivity contribution in [3.05, 3.63) is 53.0 Å². The maximum Gasteiger partial charge on any atom is 0.254 e. The van der Waals surface area contributed by atoms with Gasteiger partial charge in [-0.1, -0.05) is 0 Å². The van der Waals surface area contributed by atoms with Crippen LogP contribution in [0.3, 0.4) is 0 Å². The monoisotopic (exact) mass is 290 g/mol. The second-order valence-corrected chi connectivity index (χ2v) is 4.79. The molecule has 1 amide bonds. The first-order valence-electron chi connectivity index (χ1n) is 6.39. The molecule has 0 fully saturated rings. The number of fused-ring (bicyclic) bond motifs is 1. The number of halogens is 2. The number of nitrogen functional groups attached to an aromatic ring is 1. The smallest absolute Gasteiger partial charge is 0.254 e. The van der Waals surface area contributed by atoms with Gasteiger partial charge in [-0.2, -0.15) is 0 Å². The summed E-state index contributed by atoms with van der Waals surface area (Å²) in [6, 6.07) is 3.12. The molecule has 1 aliphatic rings. The van der Waals surface area contributed by atoms with E-state index in [1.54, 1.807) is 0 Å². The van der Waals surface area contributed by atoms with Gasteiger partial charge in [-0.25, -0.2) is 18.7 Å². The zero-order valence-corrected chi connectivity index (χ0v) is 11.0. The molecule has 1 aliphatic heterocycles. The van der Waals surface area contributed by atoms with E-state index in [0.717, 1.165) is 17.7 Å². The lowest BCUT2D eigenvalue weighted by atomic mass is 10.0. The zero-order valence-electron chi connectivity index (χ0n) is 11.0. The highest BCUT2D eigenvalue weighted by Crippen LogP contribution is 2.22. The molecule has 7 heteroatoms. The van der Waals surface area contributed by atoms with Gasteiger partial charge in [0.1, 0.15) is 12.1 Å². The Balaban J connectivity index is 1.85. The predicted molar refractivity (Wildman–Crippen MR) is 71.2 cm³/mol. The minimum Gasteiger partial charge on any atom is -0.383 e. The van der Waals surface area contributed by atoms with Crippen molar-refractivity contribution in [2.24, 2.45) is 0 Å². The summed E-state index contributed by atoms with van der Waals surface area (Å²) in [6.45, 7) is 0.711. The Bertz CT molecular complexity index is 720. The zero-order chi connectivity index (χ0) is 15.0. The maximum atomic E-state index is 13.2. The molecule has 0 aliphatic carbocycles. The SMILES string of the molecule is Nc1ncnc2c1CCN(C(=O)c1ccc(F)c(F)c1)C2.